The number of aliphatic hydroxyl groups excluding tert-OH is 1. The lowest BCUT2D eigenvalue weighted by molar-refractivity contribution is -0.000359. The van der Waals surface area contributed by atoms with E-state index in [1.807, 2.05) is 27.7 Å². The van der Waals surface area contributed by atoms with Crippen molar-refractivity contribution < 1.29 is 14.6 Å². The lowest BCUT2D eigenvalue weighted by Crippen LogP contribution is -2.47. The van der Waals surface area contributed by atoms with Crippen LogP contribution < -0.4 is 0 Å². The van der Waals surface area contributed by atoms with E-state index >= 15 is 0 Å². The van der Waals surface area contributed by atoms with Crippen molar-refractivity contribution >= 4 is 17.4 Å². The molecule has 1 saturated heterocycles. The van der Waals surface area contributed by atoms with Gasteiger partial charge in [0.15, 0.2) is 0 Å². The average molecular weight is 326 g/mol. The minimum Gasteiger partial charge on any atom is -0.444 e. The van der Waals surface area contributed by atoms with Crippen LogP contribution >= 0.6 is 11.3 Å². The molecule has 6 heteroatoms. The van der Waals surface area contributed by atoms with Gasteiger partial charge in [0.25, 0.3) is 0 Å². The third-order valence-corrected chi connectivity index (χ3v) is 4.86. The van der Waals surface area contributed by atoms with Crippen LogP contribution in [0.1, 0.15) is 44.3 Å². The maximum absolute atomic E-state index is 12.1. The second kappa shape index (κ2) is 6.54. The van der Waals surface area contributed by atoms with Gasteiger partial charge in [0, 0.05) is 30.5 Å². The molecule has 0 saturated carbocycles. The number of piperidine rings is 1. The summed E-state index contributed by atoms with van der Waals surface area (Å²) in [7, 11) is 0. The molecule has 124 valence electrons. The van der Waals surface area contributed by atoms with Crippen molar-refractivity contribution in [2.24, 2.45) is 5.41 Å². The topological polar surface area (TPSA) is 62.7 Å². The van der Waals surface area contributed by atoms with Gasteiger partial charge in [0.1, 0.15) is 5.60 Å². The molecule has 1 aliphatic rings. The van der Waals surface area contributed by atoms with E-state index in [0.717, 1.165) is 30.0 Å². The molecule has 0 bridgehead atoms. The number of carbonyl (C=O) groups is 1. The number of amides is 1. The summed E-state index contributed by atoms with van der Waals surface area (Å²) < 4.78 is 5.41. The van der Waals surface area contributed by atoms with Gasteiger partial charge < -0.3 is 14.7 Å². The van der Waals surface area contributed by atoms with Crippen molar-refractivity contribution in [2.75, 3.05) is 19.7 Å². The van der Waals surface area contributed by atoms with E-state index in [0.29, 0.717) is 13.1 Å². The summed E-state index contributed by atoms with van der Waals surface area (Å²) in [5, 5.41) is 13.0. The van der Waals surface area contributed by atoms with Crippen LogP contribution in [0.15, 0.2) is 5.38 Å². The van der Waals surface area contributed by atoms with Crippen LogP contribution in [-0.4, -0.2) is 46.4 Å². The highest BCUT2D eigenvalue weighted by atomic mass is 32.1. The first-order chi connectivity index (χ1) is 10.2. The van der Waals surface area contributed by atoms with Gasteiger partial charge in [-0.1, -0.05) is 0 Å². The molecule has 2 rings (SSSR count). The molecule has 0 spiro atoms. The highest BCUT2D eigenvalue weighted by Crippen LogP contribution is 2.35. The van der Waals surface area contributed by atoms with E-state index in [1.165, 1.54) is 0 Å². The SMILES string of the molecule is Cc1nc(CC2(CO)CCN(C(=O)OC(C)(C)C)CC2)cs1. The molecule has 0 aromatic carbocycles. The van der Waals surface area contributed by atoms with Crippen LogP contribution in [0.3, 0.4) is 0 Å². The first-order valence-corrected chi connectivity index (χ1v) is 8.61. The highest BCUT2D eigenvalue weighted by molar-refractivity contribution is 7.09. The fourth-order valence-corrected chi connectivity index (χ4v) is 3.37. The van der Waals surface area contributed by atoms with Crippen molar-refractivity contribution in [1.29, 1.82) is 0 Å². The molecule has 0 radical (unpaired) electrons. The van der Waals surface area contributed by atoms with Crippen LogP contribution in [0.2, 0.25) is 0 Å². The monoisotopic (exact) mass is 326 g/mol. The summed E-state index contributed by atoms with van der Waals surface area (Å²) in [6.45, 7) is 8.99. The van der Waals surface area contributed by atoms with Crippen LogP contribution in [-0.2, 0) is 11.2 Å². The number of aryl methyl sites for hydroxylation is 1. The fourth-order valence-electron chi connectivity index (χ4n) is 2.75. The number of ether oxygens (including phenoxy) is 1. The number of nitrogens with zero attached hydrogens (tertiary/aromatic N) is 2. The molecular formula is C16H26N2O3S. The maximum Gasteiger partial charge on any atom is 0.410 e. The molecule has 1 N–H and O–H groups in total. The molecule has 5 nitrogen and oxygen atoms in total. The van der Waals surface area contributed by atoms with Crippen molar-refractivity contribution in [3.63, 3.8) is 0 Å². The largest absolute Gasteiger partial charge is 0.444 e. The van der Waals surface area contributed by atoms with Crippen molar-refractivity contribution in [3.8, 4) is 0 Å². The van der Waals surface area contributed by atoms with Gasteiger partial charge >= 0.3 is 6.09 Å². The zero-order valence-electron chi connectivity index (χ0n) is 13.9. The van der Waals surface area contributed by atoms with Crippen molar-refractivity contribution in [1.82, 2.24) is 9.88 Å². The molecule has 1 fully saturated rings. The lowest BCUT2D eigenvalue weighted by atomic mass is 9.75. The summed E-state index contributed by atoms with van der Waals surface area (Å²) in [6, 6.07) is 0. The third-order valence-electron chi connectivity index (χ3n) is 4.03. The lowest BCUT2D eigenvalue weighted by Gasteiger charge is -2.40. The van der Waals surface area contributed by atoms with E-state index in [2.05, 4.69) is 10.4 Å². The zero-order chi connectivity index (χ0) is 16.4. The molecule has 22 heavy (non-hydrogen) atoms. The minimum absolute atomic E-state index is 0.131. The number of carbonyl (C=O) groups excluding carboxylic acids is 1. The number of hydrogen-bond donors (Lipinski definition) is 1. The predicted octanol–water partition coefficient (Wildman–Crippen LogP) is 3.00. The Balaban J connectivity index is 1.95. The van der Waals surface area contributed by atoms with Gasteiger partial charge in [-0.25, -0.2) is 9.78 Å². The summed E-state index contributed by atoms with van der Waals surface area (Å²) in [5.74, 6) is 0. The third kappa shape index (κ3) is 4.43. The first-order valence-electron chi connectivity index (χ1n) is 7.73. The van der Waals surface area contributed by atoms with Gasteiger partial charge in [0.2, 0.25) is 0 Å². The summed E-state index contributed by atoms with van der Waals surface area (Å²) in [4.78, 5) is 18.3. The standard InChI is InChI=1S/C16H26N2O3S/c1-12-17-13(10-22-12)9-16(11-19)5-7-18(8-6-16)14(20)21-15(2,3)4/h10,19H,5-9,11H2,1-4H3. The Morgan fingerprint density at radius 1 is 1.45 bits per heavy atom. The van der Waals surface area contributed by atoms with E-state index in [9.17, 15) is 9.90 Å². The van der Waals surface area contributed by atoms with Gasteiger partial charge in [-0.2, -0.15) is 0 Å². The second-order valence-electron chi connectivity index (χ2n) is 7.16. The highest BCUT2D eigenvalue weighted by Gasteiger charge is 2.37. The Labute approximate surface area is 136 Å². The summed E-state index contributed by atoms with van der Waals surface area (Å²) in [6.07, 6.45) is 2.07. The van der Waals surface area contributed by atoms with Gasteiger partial charge in [-0.3, -0.25) is 0 Å². The molecule has 1 amide bonds. The molecule has 1 aromatic heterocycles. The molecule has 0 aliphatic carbocycles. The van der Waals surface area contributed by atoms with Crippen molar-refractivity contribution in [2.45, 2.75) is 52.6 Å². The summed E-state index contributed by atoms with van der Waals surface area (Å²) in [5.41, 5.74) is 0.405. The van der Waals surface area contributed by atoms with Crippen LogP contribution in [0.25, 0.3) is 0 Å². The van der Waals surface area contributed by atoms with E-state index in [-0.39, 0.29) is 18.1 Å². The summed E-state index contributed by atoms with van der Waals surface area (Å²) >= 11 is 1.64. The Bertz CT molecular complexity index is 514. The van der Waals surface area contributed by atoms with Gasteiger partial charge in [0.05, 0.1) is 10.7 Å². The van der Waals surface area contributed by atoms with Gasteiger partial charge in [-0.15, -0.1) is 11.3 Å². The number of rotatable bonds is 3. The number of aliphatic hydroxyl groups is 1. The number of hydrogen-bond acceptors (Lipinski definition) is 5. The molecule has 1 aromatic rings. The normalized spacial score (nSPS) is 18.3. The second-order valence-corrected chi connectivity index (χ2v) is 8.22. The molecule has 0 atom stereocenters. The van der Waals surface area contributed by atoms with Crippen LogP contribution in [0, 0.1) is 12.3 Å². The van der Waals surface area contributed by atoms with E-state index in [1.54, 1.807) is 16.2 Å². The first kappa shape index (κ1) is 17.2. The average Bonchev–Trinajstić information content (AvgIpc) is 2.82. The smallest absolute Gasteiger partial charge is 0.410 e. The molecule has 0 unspecified atom stereocenters. The number of likely N-dealkylation sites (tertiary alicyclic amines) is 1. The van der Waals surface area contributed by atoms with Gasteiger partial charge in [-0.05, 0) is 47.0 Å². The molecule has 1 aliphatic heterocycles. The fraction of sp³-hybridized carbons (Fsp3) is 0.750. The van der Waals surface area contributed by atoms with E-state index < -0.39 is 5.60 Å². The van der Waals surface area contributed by atoms with Crippen molar-refractivity contribution in [3.05, 3.63) is 16.1 Å². The van der Waals surface area contributed by atoms with E-state index in [4.69, 9.17) is 4.74 Å². The van der Waals surface area contributed by atoms with Crippen LogP contribution in [0.5, 0.6) is 0 Å². The zero-order valence-corrected chi connectivity index (χ0v) is 14.7. The Kier molecular flexibility index (Phi) is 5.12. The van der Waals surface area contributed by atoms with Crippen LogP contribution in [0.4, 0.5) is 4.79 Å². The Morgan fingerprint density at radius 3 is 2.55 bits per heavy atom. The molecule has 2 heterocycles. The quantitative estimate of drug-likeness (QED) is 0.927. The Hall–Kier alpha value is -1.14. The Morgan fingerprint density at radius 2 is 2.09 bits per heavy atom. The number of aromatic nitrogens is 1. The minimum atomic E-state index is -0.472. The number of thiazole rings is 1. The molecular weight excluding hydrogens is 300 g/mol. The predicted molar refractivity (Wildman–Crippen MR) is 87.1 cm³/mol. The maximum atomic E-state index is 12.1.